The van der Waals surface area contributed by atoms with Crippen LogP contribution in [0.5, 0.6) is 0 Å². The highest BCUT2D eigenvalue weighted by Crippen LogP contribution is 2.28. The topological polar surface area (TPSA) is 54.2 Å². The van der Waals surface area contributed by atoms with Crippen LogP contribution in [0, 0.1) is 0 Å². The van der Waals surface area contributed by atoms with E-state index in [9.17, 15) is 5.11 Å². The third-order valence-electron chi connectivity index (χ3n) is 2.92. The summed E-state index contributed by atoms with van der Waals surface area (Å²) in [6.45, 7) is 1.44. The standard InChI is InChI=1S/C13H16Cl2N4O/c1-18(2)5-6-19-12(10(14)8-17-19)13(20)9-3-4-16-11(15)7-9/h3-4,7-8,13,20H,5-6H2,1-2H3. The molecule has 0 amide bonds. The van der Waals surface area contributed by atoms with Gasteiger partial charge in [-0.15, -0.1) is 0 Å². The van der Waals surface area contributed by atoms with Gasteiger partial charge in [-0.05, 0) is 31.8 Å². The van der Waals surface area contributed by atoms with Crippen LogP contribution in [-0.2, 0) is 6.54 Å². The Kier molecular flexibility index (Phi) is 4.99. The molecule has 1 N–H and O–H groups in total. The molecule has 0 aromatic carbocycles. The molecule has 0 fully saturated rings. The monoisotopic (exact) mass is 314 g/mol. The van der Waals surface area contributed by atoms with Gasteiger partial charge in [-0.25, -0.2) is 4.98 Å². The van der Waals surface area contributed by atoms with Crippen LogP contribution in [0.15, 0.2) is 24.5 Å². The molecular weight excluding hydrogens is 299 g/mol. The summed E-state index contributed by atoms with van der Waals surface area (Å²) in [6, 6.07) is 3.32. The fraction of sp³-hybridized carbons (Fsp3) is 0.385. The van der Waals surface area contributed by atoms with Crippen LogP contribution in [0.2, 0.25) is 10.2 Å². The molecule has 7 heteroatoms. The van der Waals surface area contributed by atoms with Crippen molar-refractivity contribution in [3.05, 3.63) is 46.0 Å². The molecule has 0 saturated carbocycles. The van der Waals surface area contributed by atoms with Crippen molar-refractivity contribution in [2.75, 3.05) is 20.6 Å². The zero-order valence-electron chi connectivity index (χ0n) is 11.3. The van der Waals surface area contributed by atoms with Gasteiger partial charge in [0.2, 0.25) is 0 Å². The Bertz CT molecular complexity index is 586. The Morgan fingerprint density at radius 2 is 2.15 bits per heavy atom. The van der Waals surface area contributed by atoms with Crippen molar-refractivity contribution < 1.29 is 5.11 Å². The van der Waals surface area contributed by atoms with Crippen LogP contribution < -0.4 is 0 Å². The number of aliphatic hydroxyl groups excluding tert-OH is 1. The largest absolute Gasteiger partial charge is 0.382 e. The maximum Gasteiger partial charge on any atom is 0.129 e. The lowest BCUT2D eigenvalue weighted by Crippen LogP contribution is -2.21. The smallest absolute Gasteiger partial charge is 0.129 e. The lowest BCUT2D eigenvalue weighted by atomic mass is 10.1. The SMILES string of the molecule is CN(C)CCn1ncc(Cl)c1C(O)c1ccnc(Cl)c1. The average Bonchev–Trinajstić information content (AvgIpc) is 2.76. The highest BCUT2D eigenvalue weighted by molar-refractivity contribution is 6.31. The van der Waals surface area contributed by atoms with Crippen LogP contribution >= 0.6 is 23.2 Å². The van der Waals surface area contributed by atoms with Crippen molar-refractivity contribution in [2.45, 2.75) is 12.6 Å². The third-order valence-corrected chi connectivity index (χ3v) is 3.42. The van der Waals surface area contributed by atoms with E-state index in [2.05, 4.69) is 10.1 Å². The maximum atomic E-state index is 10.5. The Morgan fingerprint density at radius 1 is 1.40 bits per heavy atom. The first-order valence-electron chi connectivity index (χ1n) is 6.14. The molecule has 5 nitrogen and oxygen atoms in total. The summed E-state index contributed by atoms with van der Waals surface area (Å²) < 4.78 is 1.71. The summed E-state index contributed by atoms with van der Waals surface area (Å²) in [5, 5.41) is 15.5. The van der Waals surface area contributed by atoms with Gasteiger partial charge in [0.05, 0.1) is 23.5 Å². The molecule has 0 bridgehead atoms. The predicted octanol–water partition coefficient (Wildman–Crippen LogP) is 2.23. The molecule has 0 saturated heterocycles. The lowest BCUT2D eigenvalue weighted by molar-refractivity contribution is 0.205. The van der Waals surface area contributed by atoms with Gasteiger partial charge in [-0.3, -0.25) is 4.68 Å². The second-order valence-electron chi connectivity index (χ2n) is 4.72. The van der Waals surface area contributed by atoms with Crippen LogP contribution in [0.1, 0.15) is 17.4 Å². The number of rotatable bonds is 5. The minimum absolute atomic E-state index is 0.331. The Morgan fingerprint density at radius 3 is 2.80 bits per heavy atom. The molecule has 108 valence electrons. The Labute approximate surface area is 127 Å². The second-order valence-corrected chi connectivity index (χ2v) is 5.51. The predicted molar refractivity (Wildman–Crippen MR) is 79.1 cm³/mol. The van der Waals surface area contributed by atoms with Crippen LogP contribution in [0.3, 0.4) is 0 Å². The van der Waals surface area contributed by atoms with Crippen LogP contribution in [0.4, 0.5) is 0 Å². The molecule has 2 rings (SSSR count). The number of nitrogens with zero attached hydrogens (tertiary/aromatic N) is 4. The summed E-state index contributed by atoms with van der Waals surface area (Å²) in [5.74, 6) is 0. The van der Waals surface area contributed by atoms with E-state index in [1.165, 1.54) is 0 Å². The molecule has 0 aliphatic carbocycles. The molecule has 2 aromatic rings. The number of hydrogen-bond acceptors (Lipinski definition) is 4. The van der Waals surface area contributed by atoms with E-state index in [0.29, 0.717) is 28.0 Å². The van der Waals surface area contributed by atoms with Crippen LogP contribution in [0.25, 0.3) is 0 Å². The van der Waals surface area contributed by atoms with Gasteiger partial charge in [0.25, 0.3) is 0 Å². The van der Waals surface area contributed by atoms with E-state index in [1.807, 2.05) is 19.0 Å². The fourth-order valence-corrected chi connectivity index (χ4v) is 2.29. The summed E-state index contributed by atoms with van der Waals surface area (Å²) in [7, 11) is 3.95. The van der Waals surface area contributed by atoms with E-state index >= 15 is 0 Å². The molecule has 20 heavy (non-hydrogen) atoms. The Hall–Kier alpha value is -1.14. The highest BCUT2D eigenvalue weighted by atomic mass is 35.5. The number of halogens is 2. The van der Waals surface area contributed by atoms with Gasteiger partial charge < -0.3 is 10.0 Å². The molecule has 2 aromatic heterocycles. The summed E-state index contributed by atoms with van der Waals surface area (Å²) >= 11 is 12.0. The van der Waals surface area contributed by atoms with Gasteiger partial charge in [0, 0.05) is 12.7 Å². The quantitative estimate of drug-likeness (QED) is 0.860. The zero-order chi connectivity index (χ0) is 14.7. The van der Waals surface area contributed by atoms with Crippen molar-refractivity contribution in [2.24, 2.45) is 0 Å². The molecule has 0 aliphatic heterocycles. The van der Waals surface area contributed by atoms with Gasteiger partial charge >= 0.3 is 0 Å². The number of aliphatic hydroxyl groups is 1. The van der Waals surface area contributed by atoms with Crippen molar-refractivity contribution in [1.82, 2.24) is 19.7 Å². The van der Waals surface area contributed by atoms with E-state index in [0.717, 1.165) is 6.54 Å². The fourth-order valence-electron chi connectivity index (χ4n) is 1.86. The highest BCUT2D eigenvalue weighted by Gasteiger charge is 2.20. The summed E-state index contributed by atoms with van der Waals surface area (Å²) in [5.41, 5.74) is 1.20. The number of likely N-dealkylation sites (N-methyl/N-ethyl adjacent to an activating group) is 1. The van der Waals surface area contributed by atoms with Gasteiger partial charge in [-0.1, -0.05) is 23.2 Å². The number of pyridine rings is 1. The number of hydrogen-bond donors (Lipinski definition) is 1. The van der Waals surface area contributed by atoms with E-state index in [-0.39, 0.29) is 0 Å². The lowest BCUT2D eigenvalue weighted by Gasteiger charge is -2.16. The Balaban J connectivity index is 2.29. The summed E-state index contributed by atoms with van der Waals surface area (Å²) in [6.07, 6.45) is 2.21. The molecule has 1 unspecified atom stereocenters. The maximum absolute atomic E-state index is 10.5. The van der Waals surface area contributed by atoms with Crippen molar-refractivity contribution in [3.63, 3.8) is 0 Å². The minimum atomic E-state index is -0.882. The van der Waals surface area contributed by atoms with E-state index < -0.39 is 6.10 Å². The molecule has 0 spiro atoms. The van der Waals surface area contributed by atoms with E-state index in [4.69, 9.17) is 23.2 Å². The molecule has 1 atom stereocenters. The van der Waals surface area contributed by atoms with Gasteiger partial charge in [0.15, 0.2) is 0 Å². The molecule has 0 radical (unpaired) electrons. The first-order valence-corrected chi connectivity index (χ1v) is 6.90. The number of aromatic nitrogens is 3. The zero-order valence-corrected chi connectivity index (χ0v) is 12.8. The van der Waals surface area contributed by atoms with Crippen molar-refractivity contribution >= 4 is 23.2 Å². The van der Waals surface area contributed by atoms with Gasteiger partial charge in [0.1, 0.15) is 11.3 Å². The first-order chi connectivity index (χ1) is 9.49. The summed E-state index contributed by atoms with van der Waals surface area (Å²) in [4.78, 5) is 5.94. The minimum Gasteiger partial charge on any atom is -0.382 e. The van der Waals surface area contributed by atoms with Crippen molar-refractivity contribution in [1.29, 1.82) is 0 Å². The van der Waals surface area contributed by atoms with Crippen LogP contribution in [-0.4, -0.2) is 45.4 Å². The second kappa shape index (κ2) is 6.54. The van der Waals surface area contributed by atoms with Gasteiger partial charge in [-0.2, -0.15) is 5.10 Å². The molecular formula is C13H16Cl2N4O. The average molecular weight is 315 g/mol. The van der Waals surface area contributed by atoms with Crippen molar-refractivity contribution in [3.8, 4) is 0 Å². The first kappa shape index (κ1) is 15.3. The van der Waals surface area contributed by atoms with E-state index in [1.54, 1.807) is 29.2 Å². The third kappa shape index (κ3) is 3.49. The normalized spacial score (nSPS) is 12.9. The molecule has 0 aliphatic rings. The molecule has 2 heterocycles.